The average Bonchev–Trinajstić information content (AvgIpc) is 2.32. The Kier molecular flexibility index (Phi) is 3.80. The summed E-state index contributed by atoms with van der Waals surface area (Å²) < 4.78 is 29.0. The molecule has 0 bridgehead atoms. The van der Waals surface area contributed by atoms with Crippen molar-refractivity contribution in [2.45, 2.75) is 43.1 Å². The van der Waals surface area contributed by atoms with Crippen LogP contribution >= 0.6 is 0 Å². The molecule has 1 saturated carbocycles. The first-order valence-corrected chi connectivity index (χ1v) is 8.13. The number of hydrogen-bond acceptors (Lipinski definition) is 4. The Morgan fingerprint density at radius 3 is 2.50 bits per heavy atom. The lowest BCUT2D eigenvalue weighted by molar-refractivity contribution is 0.155. The van der Waals surface area contributed by atoms with Crippen molar-refractivity contribution in [1.82, 2.24) is 0 Å². The van der Waals surface area contributed by atoms with Crippen molar-refractivity contribution in [3.05, 3.63) is 18.2 Å². The summed E-state index contributed by atoms with van der Waals surface area (Å²) in [5.41, 5.74) is 6.11. The fourth-order valence-corrected chi connectivity index (χ4v) is 3.14. The SMILES string of the molecule is CS(=O)(=O)c1cccc(OC2CCCCC2)c1N. The summed E-state index contributed by atoms with van der Waals surface area (Å²) in [7, 11) is -3.30. The molecule has 1 aromatic carbocycles. The van der Waals surface area contributed by atoms with Crippen LogP contribution in [0.3, 0.4) is 0 Å². The molecule has 5 heteroatoms. The van der Waals surface area contributed by atoms with Crippen LogP contribution in [0.5, 0.6) is 5.75 Å². The molecular formula is C13H19NO3S. The number of ether oxygens (including phenoxy) is 1. The summed E-state index contributed by atoms with van der Waals surface area (Å²) in [5, 5.41) is 0. The second kappa shape index (κ2) is 5.18. The van der Waals surface area contributed by atoms with Crippen LogP contribution < -0.4 is 10.5 Å². The van der Waals surface area contributed by atoms with E-state index in [9.17, 15) is 8.42 Å². The van der Waals surface area contributed by atoms with Gasteiger partial charge in [-0.25, -0.2) is 8.42 Å². The van der Waals surface area contributed by atoms with Gasteiger partial charge in [-0.3, -0.25) is 0 Å². The molecule has 0 spiro atoms. The second-order valence-electron chi connectivity index (χ2n) is 4.82. The van der Waals surface area contributed by atoms with Gasteiger partial charge < -0.3 is 10.5 Å². The summed E-state index contributed by atoms with van der Waals surface area (Å²) in [5.74, 6) is 0.491. The van der Waals surface area contributed by atoms with Crippen LogP contribution in [0.2, 0.25) is 0 Å². The van der Waals surface area contributed by atoms with Crippen molar-refractivity contribution >= 4 is 15.5 Å². The zero-order chi connectivity index (χ0) is 13.2. The van der Waals surface area contributed by atoms with Crippen LogP contribution in [0.25, 0.3) is 0 Å². The Balaban J connectivity index is 2.23. The predicted molar refractivity (Wildman–Crippen MR) is 71.5 cm³/mol. The highest BCUT2D eigenvalue weighted by molar-refractivity contribution is 7.90. The molecule has 0 aliphatic heterocycles. The third kappa shape index (κ3) is 2.96. The van der Waals surface area contributed by atoms with E-state index in [1.807, 2.05) is 0 Å². The van der Waals surface area contributed by atoms with Gasteiger partial charge in [0.2, 0.25) is 0 Å². The summed E-state index contributed by atoms with van der Waals surface area (Å²) in [6, 6.07) is 4.92. The van der Waals surface area contributed by atoms with Gasteiger partial charge in [0.05, 0.1) is 16.7 Å². The Labute approximate surface area is 108 Å². The minimum Gasteiger partial charge on any atom is -0.488 e. The molecule has 2 N–H and O–H groups in total. The molecule has 1 aromatic rings. The minimum absolute atomic E-state index is 0.149. The molecule has 0 atom stereocenters. The van der Waals surface area contributed by atoms with Gasteiger partial charge in [0.25, 0.3) is 0 Å². The summed E-state index contributed by atoms with van der Waals surface area (Å²) in [6.45, 7) is 0. The van der Waals surface area contributed by atoms with Gasteiger partial charge in [0, 0.05) is 6.26 Å². The lowest BCUT2D eigenvalue weighted by Crippen LogP contribution is -2.20. The summed E-state index contributed by atoms with van der Waals surface area (Å²) in [6.07, 6.45) is 6.93. The molecule has 0 aromatic heterocycles. The summed E-state index contributed by atoms with van der Waals surface area (Å²) >= 11 is 0. The second-order valence-corrected chi connectivity index (χ2v) is 6.80. The van der Waals surface area contributed by atoms with Crippen LogP contribution in [0, 0.1) is 0 Å². The van der Waals surface area contributed by atoms with Gasteiger partial charge >= 0.3 is 0 Å². The van der Waals surface area contributed by atoms with Crippen LogP contribution in [0.1, 0.15) is 32.1 Å². The standard InChI is InChI=1S/C13H19NO3S/c1-18(15,16)12-9-5-8-11(13(12)14)17-10-6-3-2-4-7-10/h5,8-10H,2-4,6-7,14H2,1H3. The maximum atomic E-state index is 11.6. The smallest absolute Gasteiger partial charge is 0.177 e. The van der Waals surface area contributed by atoms with Crippen molar-refractivity contribution in [3.8, 4) is 5.75 Å². The monoisotopic (exact) mass is 269 g/mol. The van der Waals surface area contributed by atoms with Gasteiger partial charge in [-0.05, 0) is 37.8 Å². The van der Waals surface area contributed by atoms with E-state index < -0.39 is 9.84 Å². The number of hydrogen-bond donors (Lipinski definition) is 1. The zero-order valence-electron chi connectivity index (χ0n) is 10.6. The molecule has 0 heterocycles. The van der Waals surface area contributed by atoms with E-state index in [0.717, 1.165) is 31.9 Å². The average molecular weight is 269 g/mol. The van der Waals surface area contributed by atoms with Crippen LogP contribution in [0.4, 0.5) is 5.69 Å². The van der Waals surface area contributed by atoms with Crippen LogP contribution in [-0.4, -0.2) is 20.8 Å². The van der Waals surface area contributed by atoms with E-state index >= 15 is 0 Å². The maximum absolute atomic E-state index is 11.6. The Morgan fingerprint density at radius 2 is 1.89 bits per heavy atom. The van der Waals surface area contributed by atoms with E-state index in [4.69, 9.17) is 10.5 Å². The third-order valence-electron chi connectivity index (χ3n) is 3.27. The lowest BCUT2D eigenvalue weighted by Gasteiger charge is -2.24. The lowest BCUT2D eigenvalue weighted by atomic mass is 9.98. The molecule has 100 valence electrons. The first-order chi connectivity index (χ1) is 8.48. The molecule has 0 unspecified atom stereocenters. The molecule has 0 amide bonds. The number of para-hydroxylation sites is 1. The van der Waals surface area contributed by atoms with Crippen molar-refractivity contribution in [2.75, 3.05) is 12.0 Å². The number of anilines is 1. The van der Waals surface area contributed by atoms with Crippen molar-refractivity contribution < 1.29 is 13.2 Å². The molecule has 4 nitrogen and oxygen atoms in total. The minimum atomic E-state index is -3.30. The highest BCUT2D eigenvalue weighted by Gasteiger charge is 2.19. The number of rotatable bonds is 3. The number of nitrogen functional groups attached to an aromatic ring is 1. The quantitative estimate of drug-likeness (QED) is 0.855. The fourth-order valence-electron chi connectivity index (χ4n) is 2.31. The summed E-state index contributed by atoms with van der Waals surface area (Å²) in [4.78, 5) is 0.149. The molecule has 0 radical (unpaired) electrons. The van der Waals surface area contributed by atoms with Crippen molar-refractivity contribution in [3.63, 3.8) is 0 Å². The van der Waals surface area contributed by atoms with Gasteiger partial charge in [0.15, 0.2) is 9.84 Å². The third-order valence-corrected chi connectivity index (χ3v) is 4.43. The Hall–Kier alpha value is -1.23. The number of nitrogens with two attached hydrogens (primary N) is 1. The van der Waals surface area contributed by atoms with E-state index in [2.05, 4.69) is 0 Å². The highest BCUT2D eigenvalue weighted by Crippen LogP contribution is 2.31. The van der Waals surface area contributed by atoms with E-state index in [-0.39, 0.29) is 16.7 Å². The maximum Gasteiger partial charge on any atom is 0.177 e. The Morgan fingerprint density at radius 1 is 1.22 bits per heavy atom. The molecule has 0 saturated heterocycles. The number of sulfone groups is 1. The topological polar surface area (TPSA) is 69.4 Å². The van der Waals surface area contributed by atoms with Gasteiger partial charge in [-0.2, -0.15) is 0 Å². The fraction of sp³-hybridized carbons (Fsp3) is 0.538. The molecule has 1 aliphatic rings. The van der Waals surface area contributed by atoms with E-state index in [1.54, 1.807) is 12.1 Å². The predicted octanol–water partition coefficient (Wildman–Crippen LogP) is 2.38. The van der Waals surface area contributed by atoms with E-state index in [0.29, 0.717) is 5.75 Å². The van der Waals surface area contributed by atoms with Crippen molar-refractivity contribution in [2.24, 2.45) is 0 Å². The molecule has 18 heavy (non-hydrogen) atoms. The Bertz CT molecular complexity index is 519. The zero-order valence-corrected chi connectivity index (χ0v) is 11.4. The van der Waals surface area contributed by atoms with Gasteiger partial charge in [-0.1, -0.05) is 12.5 Å². The largest absolute Gasteiger partial charge is 0.488 e. The highest BCUT2D eigenvalue weighted by atomic mass is 32.2. The van der Waals surface area contributed by atoms with E-state index in [1.165, 1.54) is 12.5 Å². The molecular weight excluding hydrogens is 250 g/mol. The number of benzene rings is 1. The first kappa shape index (κ1) is 13.2. The molecule has 1 aliphatic carbocycles. The van der Waals surface area contributed by atoms with Crippen LogP contribution in [0.15, 0.2) is 23.1 Å². The van der Waals surface area contributed by atoms with Gasteiger partial charge in [-0.15, -0.1) is 0 Å². The van der Waals surface area contributed by atoms with Crippen LogP contribution in [-0.2, 0) is 9.84 Å². The molecule has 1 fully saturated rings. The first-order valence-electron chi connectivity index (χ1n) is 6.23. The normalized spacial score (nSPS) is 17.6. The van der Waals surface area contributed by atoms with Gasteiger partial charge in [0.1, 0.15) is 5.75 Å². The van der Waals surface area contributed by atoms with Crippen molar-refractivity contribution in [1.29, 1.82) is 0 Å². The molecule has 2 rings (SSSR count).